The Bertz CT molecular complexity index is 222. The highest BCUT2D eigenvalue weighted by molar-refractivity contribution is 5.62. The second kappa shape index (κ2) is 13.0. The Morgan fingerprint density at radius 2 is 1.43 bits per heavy atom. The Balaban J connectivity index is -0.000000249. The Labute approximate surface area is 130 Å². The van der Waals surface area contributed by atoms with Gasteiger partial charge in [0.15, 0.2) is 0 Å². The van der Waals surface area contributed by atoms with E-state index in [-0.39, 0.29) is 17.8 Å². The largest absolute Gasteiger partial charge is 0.481 e. The molecule has 0 fully saturated rings. The van der Waals surface area contributed by atoms with Crippen LogP contribution in [0.2, 0.25) is 0 Å². The van der Waals surface area contributed by atoms with E-state index >= 15 is 0 Å². The summed E-state index contributed by atoms with van der Waals surface area (Å²) in [6.07, 6.45) is 2.32. The summed E-state index contributed by atoms with van der Waals surface area (Å²) < 4.78 is 5.62. The monoisotopic (exact) mass is 308 g/mol. The predicted octanol–water partition coefficient (Wildman–Crippen LogP) is 3.22. The van der Waals surface area contributed by atoms with Crippen molar-refractivity contribution in [3.05, 3.63) is 0 Å². The summed E-state index contributed by atoms with van der Waals surface area (Å²) in [6, 6.07) is 0. The maximum Gasteiger partial charge on any atom is 0.300 e. The molecule has 0 bridgehead atoms. The lowest BCUT2D eigenvalue weighted by Crippen LogP contribution is -2.31. The first kappa shape index (κ1) is 25.3. The molecule has 1 atom stereocenters. The van der Waals surface area contributed by atoms with E-state index in [1.54, 1.807) is 0 Å². The summed E-state index contributed by atoms with van der Waals surface area (Å²) in [7, 11) is 0. The van der Waals surface area contributed by atoms with Crippen LogP contribution < -0.4 is 0 Å². The minimum absolute atomic E-state index is 0.0156. The molecule has 0 aromatic heterocycles. The van der Waals surface area contributed by atoms with E-state index in [1.165, 1.54) is 0 Å². The number of ether oxygens (including phenoxy) is 1. The zero-order valence-electron chi connectivity index (χ0n) is 15.1. The first-order valence-electron chi connectivity index (χ1n) is 7.43. The molecule has 21 heavy (non-hydrogen) atoms. The van der Waals surface area contributed by atoms with Crippen LogP contribution in [0, 0.1) is 0 Å². The smallest absolute Gasteiger partial charge is 0.300 e. The van der Waals surface area contributed by atoms with E-state index in [0.717, 1.165) is 26.2 Å². The molecule has 0 aliphatic carbocycles. The topological polar surface area (TPSA) is 87.0 Å². The molecule has 1 unspecified atom stereocenters. The highest BCUT2D eigenvalue weighted by atomic mass is 16.5. The minimum atomic E-state index is -0.833. The molecule has 0 saturated heterocycles. The van der Waals surface area contributed by atoms with E-state index < -0.39 is 12.1 Å². The molecule has 0 amide bonds. The second-order valence-electron chi connectivity index (χ2n) is 6.82. The molecule has 0 rings (SSSR count). The summed E-state index contributed by atoms with van der Waals surface area (Å²) in [4.78, 5) is 9.00. The molecular formula is C16H36O5. The lowest BCUT2D eigenvalue weighted by Gasteiger charge is -2.30. The number of aliphatic hydroxyl groups excluding tert-OH is 2. The maximum absolute atomic E-state index is 9.00. The third kappa shape index (κ3) is 45.2. The van der Waals surface area contributed by atoms with Crippen molar-refractivity contribution in [2.75, 3.05) is 6.61 Å². The summed E-state index contributed by atoms with van der Waals surface area (Å²) in [5, 5.41) is 24.5. The van der Waals surface area contributed by atoms with Crippen molar-refractivity contribution in [2.24, 2.45) is 0 Å². The molecule has 0 aliphatic heterocycles. The van der Waals surface area contributed by atoms with Crippen LogP contribution in [0.15, 0.2) is 0 Å². The molecule has 5 heteroatoms. The Kier molecular flexibility index (Phi) is 15.7. The third-order valence-electron chi connectivity index (χ3n) is 1.71. The minimum Gasteiger partial charge on any atom is -0.481 e. The fraction of sp³-hybridized carbons (Fsp3) is 0.938. The van der Waals surface area contributed by atoms with Gasteiger partial charge in [-0.25, -0.2) is 0 Å². The highest BCUT2D eigenvalue weighted by Gasteiger charge is 2.19. The van der Waals surface area contributed by atoms with Gasteiger partial charge in [0, 0.05) is 6.92 Å². The normalized spacial score (nSPS) is 12.5. The van der Waals surface area contributed by atoms with Crippen LogP contribution in [0.5, 0.6) is 0 Å². The fourth-order valence-electron chi connectivity index (χ4n) is 1.45. The summed E-state index contributed by atoms with van der Waals surface area (Å²) in [6.45, 7) is 15.5. The number of carboxylic acid groups (broad SMARTS) is 1. The van der Waals surface area contributed by atoms with E-state index in [0.29, 0.717) is 0 Å². The molecule has 0 aliphatic rings. The van der Waals surface area contributed by atoms with Gasteiger partial charge >= 0.3 is 0 Å². The molecule has 5 nitrogen and oxygen atoms in total. The van der Waals surface area contributed by atoms with Crippen LogP contribution in [0.3, 0.4) is 0 Å². The molecule has 0 radical (unpaired) electrons. The number of unbranched alkanes of at least 4 members (excludes halogenated alkanes) is 1. The molecule has 0 saturated carbocycles. The first-order chi connectivity index (χ1) is 9.25. The summed E-state index contributed by atoms with van der Waals surface area (Å²) >= 11 is 0. The number of aliphatic carboxylic acids is 1. The number of rotatable bonds is 4. The van der Waals surface area contributed by atoms with Gasteiger partial charge in [-0.3, -0.25) is 4.79 Å². The van der Waals surface area contributed by atoms with Gasteiger partial charge < -0.3 is 20.1 Å². The SMILES string of the molecule is CC(=O)O.CC(C)(C)OC(C)(C)C.CCCCC(O)CO. The average molecular weight is 308 g/mol. The van der Waals surface area contributed by atoms with Gasteiger partial charge in [-0.2, -0.15) is 0 Å². The van der Waals surface area contributed by atoms with Gasteiger partial charge in [0.2, 0.25) is 0 Å². The highest BCUT2D eigenvalue weighted by Crippen LogP contribution is 2.17. The van der Waals surface area contributed by atoms with E-state index in [9.17, 15) is 0 Å². The van der Waals surface area contributed by atoms with Crippen molar-refractivity contribution in [1.82, 2.24) is 0 Å². The van der Waals surface area contributed by atoms with Gasteiger partial charge in [-0.15, -0.1) is 0 Å². The zero-order valence-corrected chi connectivity index (χ0v) is 15.1. The van der Waals surface area contributed by atoms with Crippen molar-refractivity contribution in [3.8, 4) is 0 Å². The Hall–Kier alpha value is -0.650. The van der Waals surface area contributed by atoms with Crippen LogP contribution in [0.1, 0.15) is 74.7 Å². The van der Waals surface area contributed by atoms with Crippen LogP contribution in [-0.4, -0.2) is 45.2 Å². The van der Waals surface area contributed by atoms with Gasteiger partial charge in [-0.05, 0) is 48.0 Å². The number of carbonyl (C=O) groups is 1. The quantitative estimate of drug-likeness (QED) is 0.742. The fourth-order valence-corrected chi connectivity index (χ4v) is 1.45. The van der Waals surface area contributed by atoms with E-state index in [1.807, 2.05) is 0 Å². The van der Waals surface area contributed by atoms with Crippen molar-refractivity contribution in [2.45, 2.75) is 92.0 Å². The molecule has 3 N–H and O–H groups in total. The molecule has 0 aromatic carbocycles. The van der Waals surface area contributed by atoms with Gasteiger partial charge in [0.25, 0.3) is 5.97 Å². The maximum atomic E-state index is 9.00. The molecule has 0 aromatic rings. The van der Waals surface area contributed by atoms with E-state index in [2.05, 4.69) is 48.5 Å². The predicted molar refractivity (Wildman–Crippen MR) is 86.5 cm³/mol. The lowest BCUT2D eigenvalue weighted by molar-refractivity contribution is -0.134. The lowest BCUT2D eigenvalue weighted by atomic mass is 10.1. The number of carboxylic acids is 1. The first-order valence-corrected chi connectivity index (χ1v) is 7.43. The molecule has 130 valence electrons. The van der Waals surface area contributed by atoms with Crippen LogP contribution in [-0.2, 0) is 9.53 Å². The van der Waals surface area contributed by atoms with Crippen molar-refractivity contribution < 1.29 is 24.9 Å². The summed E-state index contributed by atoms with van der Waals surface area (Å²) in [5.41, 5.74) is -0.0312. The Morgan fingerprint density at radius 3 is 1.57 bits per heavy atom. The molecule has 0 heterocycles. The van der Waals surface area contributed by atoms with Crippen molar-refractivity contribution in [1.29, 1.82) is 0 Å². The zero-order chi connectivity index (χ0) is 17.7. The molecule has 0 spiro atoms. The Morgan fingerprint density at radius 1 is 1.10 bits per heavy atom. The number of hydrogen-bond donors (Lipinski definition) is 3. The second-order valence-corrected chi connectivity index (χ2v) is 6.82. The standard InChI is InChI=1S/C8H18O.C6H14O2.C2H4O2/c1-7(2,3)9-8(4,5)6;1-2-3-4-6(8)5-7;1-2(3)4/h1-6H3;6-8H,2-5H2,1H3;1H3,(H,3,4). The van der Waals surface area contributed by atoms with Crippen LogP contribution in [0.25, 0.3) is 0 Å². The summed E-state index contributed by atoms with van der Waals surface area (Å²) in [5.74, 6) is -0.833. The van der Waals surface area contributed by atoms with Gasteiger partial charge in [0.05, 0.1) is 23.9 Å². The number of hydrogen-bond acceptors (Lipinski definition) is 4. The van der Waals surface area contributed by atoms with Crippen LogP contribution >= 0.6 is 0 Å². The van der Waals surface area contributed by atoms with Gasteiger partial charge in [0.1, 0.15) is 0 Å². The molecular weight excluding hydrogens is 272 g/mol. The number of aliphatic hydroxyl groups is 2. The van der Waals surface area contributed by atoms with Crippen LogP contribution in [0.4, 0.5) is 0 Å². The van der Waals surface area contributed by atoms with E-state index in [4.69, 9.17) is 24.9 Å². The average Bonchev–Trinajstić information content (AvgIpc) is 2.20. The third-order valence-corrected chi connectivity index (χ3v) is 1.71. The van der Waals surface area contributed by atoms with Crippen molar-refractivity contribution >= 4 is 5.97 Å². The van der Waals surface area contributed by atoms with Crippen molar-refractivity contribution in [3.63, 3.8) is 0 Å². The van der Waals surface area contributed by atoms with Gasteiger partial charge in [-0.1, -0.05) is 19.8 Å².